The highest BCUT2D eigenvalue weighted by Gasteiger charge is 2.31. The minimum absolute atomic E-state index is 0.267. The summed E-state index contributed by atoms with van der Waals surface area (Å²) in [6, 6.07) is 15.0. The molecule has 11 heteroatoms. The van der Waals surface area contributed by atoms with Gasteiger partial charge in [-0.1, -0.05) is 55.0 Å². The third-order valence-corrected chi connectivity index (χ3v) is 10.1. The normalized spacial score (nSPS) is 16.2. The maximum absolute atomic E-state index is 13.4. The lowest BCUT2D eigenvalue weighted by atomic mass is 9.98. The highest BCUT2D eigenvalue weighted by atomic mass is 35.5. The fraction of sp³-hybridized carbons (Fsp3) is 0.379. The molecule has 4 heterocycles. The Morgan fingerprint density at radius 3 is 2.60 bits per heavy atom. The van der Waals surface area contributed by atoms with Crippen LogP contribution in [0.1, 0.15) is 37.4 Å². The van der Waals surface area contributed by atoms with Gasteiger partial charge in [-0.15, -0.1) is 5.10 Å². The summed E-state index contributed by atoms with van der Waals surface area (Å²) < 4.78 is 37.9. The van der Waals surface area contributed by atoms with Crippen LogP contribution in [-0.2, 0) is 27.7 Å². The van der Waals surface area contributed by atoms with E-state index >= 15 is 0 Å². The standard InChI is InChI=1S/C29H32ClN5O3S2/c1-2-13-31-28(39)26-25(20-9-11-22(30)12-10-20)24-8-3-4-14-34-27(32-35(26)29(24)34)21-6-5-7-23(19-21)40(36,37)33-15-17-38-18-16-33/h5-7,9-12,19H,2-4,8,13-18H2,1H3,(H,31,39). The van der Waals surface area contributed by atoms with Crippen molar-refractivity contribution in [1.82, 2.24) is 23.8 Å². The summed E-state index contributed by atoms with van der Waals surface area (Å²) in [5, 5.41) is 9.22. The lowest BCUT2D eigenvalue weighted by molar-refractivity contribution is 0.0730. The third-order valence-electron chi connectivity index (χ3n) is 7.57. The van der Waals surface area contributed by atoms with E-state index < -0.39 is 10.0 Å². The van der Waals surface area contributed by atoms with Crippen molar-refractivity contribution in [2.24, 2.45) is 0 Å². The summed E-state index contributed by atoms with van der Waals surface area (Å²) in [5.41, 5.74) is 5.96. The lowest BCUT2D eigenvalue weighted by Gasteiger charge is -2.26. The Labute approximate surface area is 244 Å². The first-order chi connectivity index (χ1) is 19.4. The number of benzene rings is 2. The largest absolute Gasteiger partial charge is 0.379 e. The Bertz CT molecular complexity index is 1670. The first kappa shape index (κ1) is 27.4. The van der Waals surface area contributed by atoms with E-state index in [0.717, 1.165) is 72.6 Å². The van der Waals surface area contributed by atoms with Crippen LogP contribution in [0.3, 0.4) is 0 Å². The van der Waals surface area contributed by atoms with Gasteiger partial charge in [-0.05, 0) is 55.5 Å². The van der Waals surface area contributed by atoms with E-state index in [2.05, 4.69) is 16.8 Å². The fourth-order valence-electron chi connectivity index (χ4n) is 5.64. The Morgan fingerprint density at radius 2 is 1.85 bits per heavy atom. The maximum atomic E-state index is 13.4. The number of aryl methyl sites for hydroxylation is 2. The molecule has 2 aliphatic rings. The van der Waals surface area contributed by atoms with E-state index in [1.54, 1.807) is 18.2 Å². The molecule has 0 bridgehead atoms. The predicted octanol–water partition coefficient (Wildman–Crippen LogP) is 5.16. The molecule has 8 nitrogen and oxygen atoms in total. The Hall–Kier alpha value is -2.76. The number of hydrogen-bond donors (Lipinski definition) is 1. The number of nitrogens with zero attached hydrogens (tertiary/aromatic N) is 4. The number of sulfonamides is 1. The number of morpholine rings is 1. The van der Waals surface area contributed by atoms with Crippen LogP contribution in [0.4, 0.5) is 0 Å². The average molecular weight is 598 g/mol. The Morgan fingerprint density at radius 1 is 1.07 bits per heavy atom. The molecule has 210 valence electrons. The van der Waals surface area contributed by atoms with Crippen molar-refractivity contribution in [3.63, 3.8) is 0 Å². The van der Waals surface area contributed by atoms with E-state index in [1.807, 2.05) is 34.8 Å². The van der Waals surface area contributed by atoms with Crippen molar-refractivity contribution < 1.29 is 13.2 Å². The van der Waals surface area contributed by atoms with Crippen molar-refractivity contribution in [3.8, 4) is 22.5 Å². The highest BCUT2D eigenvalue weighted by molar-refractivity contribution is 7.89. The molecule has 1 saturated heterocycles. The predicted molar refractivity (Wildman–Crippen MR) is 162 cm³/mol. The molecule has 1 fully saturated rings. The van der Waals surface area contributed by atoms with Crippen molar-refractivity contribution >= 4 is 44.5 Å². The first-order valence-corrected chi connectivity index (χ1v) is 16.0. The highest BCUT2D eigenvalue weighted by Crippen LogP contribution is 2.39. The van der Waals surface area contributed by atoms with Crippen molar-refractivity contribution in [2.45, 2.75) is 44.0 Å². The molecule has 0 atom stereocenters. The molecule has 0 spiro atoms. The van der Waals surface area contributed by atoms with Gasteiger partial charge >= 0.3 is 0 Å². The molecule has 1 N–H and O–H groups in total. The third kappa shape index (κ3) is 4.86. The minimum atomic E-state index is -3.64. The molecular formula is C29H32ClN5O3S2. The van der Waals surface area contributed by atoms with E-state index in [9.17, 15) is 8.42 Å². The summed E-state index contributed by atoms with van der Waals surface area (Å²) in [6.07, 6.45) is 3.87. The van der Waals surface area contributed by atoms with Crippen LogP contribution in [0.2, 0.25) is 5.02 Å². The summed E-state index contributed by atoms with van der Waals surface area (Å²) >= 11 is 12.2. The molecule has 6 rings (SSSR count). The van der Waals surface area contributed by atoms with Gasteiger partial charge in [0.15, 0.2) is 5.82 Å². The molecule has 0 amide bonds. The Balaban J connectivity index is 1.53. The summed E-state index contributed by atoms with van der Waals surface area (Å²) in [5.74, 6) is 0.736. The molecule has 0 radical (unpaired) electrons. The number of hydrogen-bond acceptors (Lipinski definition) is 5. The van der Waals surface area contributed by atoms with E-state index in [4.69, 9.17) is 33.7 Å². The van der Waals surface area contributed by atoms with Gasteiger partial charge in [0.2, 0.25) is 10.0 Å². The van der Waals surface area contributed by atoms with Crippen LogP contribution in [0.25, 0.3) is 28.2 Å². The van der Waals surface area contributed by atoms with Crippen LogP contribution >= 0.6 is 23.8 Å². The van der Waals surface area contributed by atoms with Gasteiger partial charge in [-0.2, -0.15) is 4.31 Å². The van der Waals surface area contributed by atoms with Gasteiger partial charge in [0, 0.05) is 47.9 Å². The smallest absolute Gasteiger partial charge is 0.243 e. The van der Waals surface area contributed by atoms with E-state index in [-0.39, 0.29) is 4.90 Å². The summed E-state index contributed by atoms with van der Waals surface area (Å²) in [6.45, 7) is 5.17. The maximum Gasteiger partial charge on any atom is 0.243 e. The molecule has 2 aromatic carbocycles. The van der Waals surface area contributed by atoms with Crippen molar-refractivity contribution in [1.29, 1.82) is 0 Å². The minimum Gasteiger partial charge on any atom is -0.379 e. The quantitative estimate of drug-likeness (QED) is 0.297. The first-order valence-electron chi connectivity index (χ1n) is 13.8. The van der Waals surface area contributed by atoms with Crippen LogP contribution in [-0.4, -0.2) is 64.7 Å². The zero-order valence-corrected chi connectivity index (χ0v) is 24.8. The summed E-state index contributed by atoms with van der Waals surface area (Å²) in [7, 11) is -3.64. The van der Waals surface area contributed by atoms with Crippen LogP contribution in [0.5, 0.6) is 0 Å². The molecule has 0 aliphatic carbocycles. The molecule has 2 aromatic heterocycles. The van der Waals surface area contributed by atoms with E-state index in [1.165, 1.54) is 9.87 Å². The second-order valence-corrected chi connectivity index (χ2v) is 13.0. The number of ether oxygens (including phenoxy) is 1. The fourth-order valence-corrected chi connectivity index (χ4v) is 7.51. The number of nitrogens with one attached hydrogen (secondary N) is 1. The topological polar surface area (TPSA) is 80.9 Å². The SMILES string of the molecule is CCCNC(=S)c1c(-c2ccc(Cl)cc2)c2c3n(c(-c4cccc(S(=O)(=O)N5CCOCC5)c4)nn13)CCCC2. The number of halogens is 1. The van der Waals surface area contributed by atoms with Gasteiger partial charge in [0.25, 0.3) is 0 Å². The monoisotopic (exact) mass is 597 g/mol. The summed E-state index contributed by atoms with van der Waals surface area (Å²) in [4.78, 5) is 0.914. The number of aromatic nitrogens is 3. The van der Waals surface area contributed by atoms with Gasteiger partial charge < -0.3 is 14.6 Å². The second-order valence-electron chi connectivity index (χ2n) is 10.2. The molecule has 4 aromatic rings. The number of rotatable bonds is 7. The molecular weight excluding hydrogens is 566 g/mol. The zero-order valence-electron chi connectivity index (χ0n) is 22.4. The van der Waals surface area contributed by atoms with Gasteiger partial charge in [-0.25, -0.2) is 12.9 Å². The van der Waals surface area contributed by atoms with Crippen LogP contribution in [0, 0.1) is 0 Å². The average Bonchev–Trinajstić information content (AvgIpc) is 3.40. The zero-order chi connectivity index (χ0) is 27.9. The van der Waals surface area contributed by atoms with Crippen LogP contribution < -0.4 is 5.32 Å². The second kappa shape index (κ2) is 11.3. The van der Waals surface area contributed by atoms with Crippen molar-refractivity contribution in [2.75, 3.05) is 32.8 Å². The van der Waals surface area contributed by atoms with Gasteiger partial charge in [0.1, 0.15) is 16.3 Å². The molecule has 2 aliphatic heterocycles. The lowest BCUT2D eigenvalue weighted by Crippen LogP contribution is -2.40. The molecule has 0 saturated carbocycles. The molecule has 40 heavy (non-hydrogen) atoms. The van der Waals surface area contributed by atoms with E-state index in [0.29, 0.717) is 36.3 Å². The van der Waals surface area contributed by atoms with Crippen LogP contribution in [0.15, 0.2) is 53.4 Å². The van der Waals surface area contributed by atoms with Crippen molar-refractivity contribution in [3.05, 3.63) is 64.8 Å². The molecule has 0 unspecified atom stereocenters. The number of thiocarbonyl (C=S) groups is 1. The van der Waals surface area contributed by atoms with Gasteiger partial charge in [-0.3, -0.25) is 0 Å². The Kier molecular flexibility index (Phi) is 7.71. The van der Waals surface area contributed by atoms with Gasteiger partial charge in [0.05, 0.1) is 18.1 Å².